The number of nitrogens with one attached hydrogen (secondary N) is 1. The highest BCUT2D eigenvalue weighted by Gasteiger charge is 2.51. The van der Waals surface area contributed by atoms with E-state index in [9.17, 15) is 4.79 Å². The zero-order valence-electron chi connectivity index (χ0n) is 5.32. The van der Waals surface area contributed by atoms with Crippen molar-refractivity contribution in [1.82, 2.24) is 5.32 Å². The summed E-state index contributed by atoms with van der Waals surface area (Å²) in [6, 6.07) is -0.201. The first-order valence-electron chi connectivity index (χ1n) is 3.36. The average molecular weight is 143 g/mol. The van der Waals surface area contributed by atoms with Crippen molar-refractivity contribution in [2.75, 3.05) is 0 Å². The minimum absolute atomic E-state index is 0.122. The Labute approximate surface area is 57.9 Å². The summed E-state index contributed by atoms with van der Waals surface area (Å²) in [5.41, 5.74) is 0. The third kappa shape index (κ3) is 0.552. The number of fused-ring (bicyclic) bond motifs is 2. The van der Waals surface area contributed by atoms with E-state index in [4.69, 9.17) is 10.2 Å². The second-order valence-electron chi connectivity index (χ2n) is 2.94. The molecule has 56 valence electrons. The fraction of sp³-hybridized carbons (Fsp3) is 0.833. The molecule has 1 aliphatic carbocycles. The van der Waals surface area contributed by atoms with Crippen LogP contribution in [0.2, 0.25) is 0 Å². The SMILES string of the molecule is O=C1N[C@H]2C[C@@H]1[C@H](O)C2O. The van der Waals surface area contributed by atoms with Crippen molar-refractivity contribution >= 4 is 5.91 Å². The number of rotatable bonds is 0. The molecular weight excluding hydrogens is 134 g/mol. The minimum Gasteiger partial charge on any atom is -0.390 e. The van der Waals surface area contributed by atoms with Gasteiger partial charge in [-0.05, 0) is 6.42 Å². The first-order valence-corrected chi connectivity index (χ1v) is 3.36. The predicted molar refractivity (Wildman–Crippen MR) is 32.1 cm³/mol. The van der Waals surface area contributed by atoms with Gasteiger partial charge in [0.05, 0.1) is 18.1 Å². The molecule has 4 nitrogen and oxygen atoms in total. The number of piperidine rings is 1. The summed E-state index contributed by atoms with van der Waals surface area (Å²) in [6.45, 7) is 0. The van der Waals surface area contributed by atoms with Crippen molar-refractivity contribution in [1.29, 1.82) is 0 Å². The highest BCUT2D eigenvalue weighted by molar-refractivity contribution is 5.83. The molecule has 4 heteroatoms. The van der Waals surface area contributed by atoms with Gasteiger partial charge in [0.25, 0.3) is 0 Å². The Hall–Kier alpha value is -0.610. The molecule has 1 unspecified atom stereocenters. The van der Waals surface area contributed by atoms with E-state index >= 15 is 0 Å². The summed E-state index contributed by atoms with van der Waals surface area (Å²) in [4.78, 5) is 10.8. The molecule has 2 fully saturated rings. The summed E-state index contributed by atoms with van der Waals surface area (Å²) < 4.78 is 0. The molecule has 2 rings (SSSR count). The lowest BCUT2D eigenvalue weighted by Gasteiger charge is -2.22. The Morgan fingerprint density at radius 3 is 2.50 bits per heavy atom. The van der Waals surface area contributed by atoms with Gasteiger partial charge in [0.15, 0.2) is 0 Å². The number of hydrogen-bond donors (Lipinski definition) is 3. The molecule has 1 saturated carbocycles. The summed E-state index contributed by atoms with van der Waals surface area (Å²) in [5.74, 6) is -0.484. The molecule has 2 bridgehead atoms. The van der Waals surface area contributed by atoms with Crippen LogP contribution in [0.3, 0.4) is 0 Å². The van der Waals surface area contributed by atoms with E-state index in [1.54, 1.807) is 0 Å². The summed E-state index contributed by atoms with van der Waals surface area (Å²) in [5, 5.41) is 20.9. The maximum absolute atomic E-state index is 10.8. The van der Waals surface area contributed by atoms with Crippen molar-refractivity contribution < 1.29 is 15.0 Å². The minimum atomic E-state index is -0.834. The molecule has 1 aliphatic heterocycles. The molecule has 1 heterocycles. The lowest BCUT2D eigenvalue weighted by Crippen LogP contribution is -2.48. The lowest BCUT2D eigenvalue weighted by molar-refractivity contribution is -0.131. The quantitative estimate of drug-likeness (QED) is 0.375. The molecule has 0 aromatic heterocycles. The van der Waals surface area contributed by atoms with E-state index in [1.165, 1.54) is 0 Å². The summed E-state index contributed by atoms with van der Waals surface area (Å²) >= 11 is 0. The van der Waals surface area contributed by atoms with Gasteiger partial charge in [-0.3, -0.25) is 4.79 Å². The highest BCUT2D eigenvalue weighted by atomic mass is 16.3. The number of carbonyl (C=O) groups excluding carboxylic acids is 1. The largest absolute Gasteiger partial charge is 0.390 e. The van der Waals surface area contributed by atoms with E-state index in [0.717, 1.165) is 0 Å². The first kappa shape index (κ1) is 6.12. The Morgan fingerprint density at radius 2 is 2.10 bits per heavy atom. The van der Waals surface area contributed by atoms with Gasteiger partial charge in [0.1, 0.15) is 6.10 Å². The van der Waals surface area contributed by atoms with E-state index in [0.29, 0.717) is 6.42 Å². The molecule has 1 amide bonds. The Bertz CT molecular complexity index is 180. The standard InChI is InChI=1S/C6H9NO3/c8-4-2-1-3(5(4)9)7-6(2)10/h2-5,8-9H,1H2,(H,7,10)/t2-,3+,4+,5?/m1/s1. The molecule has 0 spiro atoms. The van der Waals surface area contributed by atoms with Gasteiger partial charge in [0.2, 0.25) is 5.91 Å². The van der Waals surface area contributed by atoms with Crippen LogP contribution in [0, 0.1) is 5.92 Å². The van der Waals surface area contributed by atoms with Crippen LogP contribution in [0.5, 0.6) is 0 Å². The third-order valence-corrected chi connectivity index (χ3v) is 2.35. The highest BCUT2D eigenvalue weighted by Crippen LogP contribution is 2.32. The van der Waals surface area contributed by atoms with Crippen molar-refractivity contribution in [3.8, 4) is 0 Å². The van der Waals surface area contributed by atoms with Crippen LogP contribution in [0.15, 0.2) is 0 Å². The fourth-order valence-corrected chi connectivity index (χ4v) is 1.72. The lowest BCUT2D eigenvalue weighted by atomic mass is 10.1. The normalized spacial score (nSPS) is 51.6. The molecule has 10 heavy (non-hydrogen) atoms. The van der Waals surface area contributed by atoms with Gasteiger partial charge in [-0.15, -0.1) is 0 Å². The second kappa shape index (κ2) is 1.71. The predicted octanol–water partition coefficient (Wildman–Crippen LogP) is -1.77. The van der Waals surface area contributed by atoms with Crippen LogP contribution in [0.1, 0.15) is 6.42 Å². The van der Waals surface area contributed by atoms with Crippen LogP contribution in [0.4, 0.5) is 0 Å². The summed E-state index contributed by atoms with van der Waals surface area (Å²) in [6.07, 6.45) is -0.998. The molecule has 2 aliphatic rings. The van der Waals surface area contributed by atoms with Gasteiger partial charge >= 0.3 is 0 Å². The van der Waals surface area contributed by atoms with Crippen LogP contribution >= 0.6 is 0 Å². The van der Waals surface area contributed by atoms with E-state index in [1.807, 2.05) is 0 Å². The van der Waals surface area contributed by atoms with Crippen molar-refractivity contribution in [2.24, 2.45) is 5.92 Å². The van der Waals surface area contributed by atoms with E-state index in [2.05, 4.69) is 5.32 Å². The maximum atomic E-state index is 10.8. The van der Waals surface area contributed by atoms with Crippen molar-refractivity contribution in [2.45, 2.75) is 24.7 Å². The fourth-order valence-electron chi connectivity index (χ4n) is 1.72. The van der Waals surface area contributed by atoms with Gasteiger partial charge in [0, 0.05) is 0 Å². The Kier molecular flexibility index (Phi) is 1.04. The number of amides is 1. The Morgan fingerprint density at radius 1 is 1.40 bits per heavy atom. The van der Waals surface area contributed by atoms with Crippen molar-refractivity contribution in [3.05, 3.63) is 0 Å². The number of aliphatic hydroxyl groups is 2. The number of hydrogen-bond acceptors (Lipinski definition) is 3. The maximum Gasteiger partial charge on any atom is 0.226 e. The van der Waals surface area contributed by atoms with Gasteiger partial charge < -0.3 is 15.5 Å². The van der Waals surface area contributed by atoms with Crippen molar-refractivity contribution in [3.63, 3.8) is 0 Å². The molecule has 3 N–H and O–H groups in total. The average Bonchev–Trinajstić information content (AvgIpc) is 2.36. The monoisotopic (exact) mass is 143 g/mol. The molecule has 4 atom stereocenters. The van der Waals surface area contributed by atoms with Crippen LogP contribution in [0.25, 0.3) is 0 Å². The Balaban J connectivity index is 2.24. The molecular formula is C6H9NO3. The van der Waals surface area contributed by atoms with Crippen LogP contribution < -0.4 is 5.32 Å². The molecule has 1 saturated heterocycles. The molecule has 0 aromatic carbocycles. The second-order valence-corrected chi connectivity index (χ2v) is 2.94. The van der Waals surface area contributed by atoms with E-state index < -0.39 is 12.2 Å². The summed E-state index contributed by atoms with van der Waals surface area (Å²) in [7, 11) is 0. The topological polar surface area (TPSA) is 69.6 Å². The third-order valence-electron chi connectivity index (χ3n) is 2.35. The van der Waals surface area contributed by atoms with Crippen LogP contribution in [-0.2, 0) is 4.79 Å². The van der Waals surface area contributed by atoms with Crippen LogP contribution in [-0.4, -0.2) is 34.4 Å². The number of carbonyl (C=O) groups is 1. The number of aliphatic hydroxyl groups excluding tert-OH is 2. The van der Waals surface area contributed by atoms with Gasteiger partial charge in [-0.25, -0.2) is 0 Å². The van der Waals surface area contributed by atoms with Gasteiger partial charge in [-0.2, -0.15) is 0 Å². The smallest absolute Gasteiger partial charge is 0.226 e. The zero-order chi connectivity index (χ0) is 7.30. The van der Waals surface area contributed by atoms with Gasteiger partial charge in [-0.1, -0.05) is 0 Å². The molecule has 0 radical (unpaired) electrons. The first-order chi connectivity index (χ1) is 4.70. The zero-order valence-corrected chi connectivity index (χ0v) is 5.32. The van der Waals surface area contributed by atoms with E-state index in [-0.39, 0.29) is 17.9 Å². The molecule has 0 aromatic rings.